The van der Waals surface area contributed by atoms with Gasteiger partial charge in [0.05, 0.1) is 26.8 Å². The summed E-state index contributed by atoms with van der Waals surface area (Å²) in [6.07, 6.45) is -6.42. The Morgan fingerprint density at radius 1 is 0.658 bits per heavy atom. The van der Waals surface area contributed by atoms with E-state index in [4.69, 9.17) is 35.9 Å². The Morgan fingerprint density at radius 2 is 1.03 bits per heavy atom. The zero-order chi connectivity index (χ0) is 29.9. The van der Waals surface area contributed by atoms with Crippen LogP contribution in [0.25, 0.3) is 0 Å². The first-order valence-corrected chi connectivity index (χ1v) is 12.9. The lowest BCUT2D eigenvalue weighted by atomic mass is 9.92. The van der Waals surface area contributed by atoms with Crippen molar-refractivity contribution in [3.63, 3.8) is 0 Å². The topological polar surface area (TPSA) is 127 Å². The van der Waals surface area contributed by atoms with E-state index in [1.54, 1.807) is 83.1 Å². The summed E-state index contributed by atoms with van der Waals surface area (Å²) in [6, 6.07) is 0. The van der Waals surface area contributed by atoms with Crippen LogP contribution >= 0.6 is 12.2 Å². The second kappa shape index (κ2) is 12.2. The van der Waals surface area contributed by atoms with Crippen molar-refractivity contribution in [1.29, 1.82) is 0 Å². The van der Waals surface area contributed by atoms with Gasteiger partial charge in [0, 0.05) is 0 Å². The van der Waals surface area contributed by atoms with Gasteiger partial charge in [0.2, 0.25) is 0 Å². The SMILES string of the molecule is CC(C)(C)C(=O)OCC1OC(N=C=S)C(OC(=O)C(C)(C)C)C(OC(=O)C(C)(C)C)C1OC(=O)C(C)(C)C. The van der Waals surface area contributed by atoms with Crippen molar-refractivity contribution < 1.29 is 42.9 Å². The number of ether oxygens (including phenoxy) is 5. The Hall–Kier alpha value is -2.36. The molecule has 1 rings (SSSR count). The largest absolute Gasteiger partial charge is 0.462 e. The lowest BCUT2D eigenvalue weighted by molar-refractivity contribution is -0.258. The van der Waals surface area contributed by atoms with Crippen LogP contribution in [-0.4, -0.2) is 66.3 Å². The van der Waals surface area contributed by atoms with Crippen molar-refractivity contribution in [2.24, 2.45) is 26.7 Å². The average molecular weight is 558 g/mol. The third-order valence-corrected chi connectivity index (χ3v) is 5.45. The molecule has 5 unspecified atom stereocenters. The number of esters is 4. The summed E-state index contributed by atoms with van der Waals surface area (Å²) in [6.45, 7) is 19.6. The van der Waals surface area contributed by atoms with Crippen molar-refractivity contribution in [3.05, 3.63) is 0 Å². The maximum Gasteiger partial charge on any atom is 0.311 e. The first-order valence-electron chi connectivity index (χ1n) is 12.5. The number of rotatable bonds is 6. The molecule has 11 heteroatoms. The molecule has 216 valence electrons. The Balaban J connectivity index is 3.67. The van der Waals surface area contributed by atoms with Crippen LogP contribution in [0, 0.1) is 21.7 Å². The number of hydrogen-bond acceptors (Lipinski definition) is 11. The van der Waals surface area contributed by atoms with Crippen LogP contribution in [0.15, 0.2) is 4.99 Å². The lowest BCUT2D eigenvalue weighted by Crippen LogP contribution is -2.63. The summed E-state index contributed by atoms with van der Waals surface area (Å²) in [4.78, 5) is 55.5. The van der Waals surface area contributed by atoms with Gasteiger partial charge in [-0.15, -0.1) is 0 Å². The summed E-state index contributed by atoms with van der Waals surface area (Å²) in [5.74, 6) is -2.44. The molecule has 0 N–H and O–H groups in total. The third kappa shape index (κ3) is 9.43. The Kier molecular flexibility index (Phi) is 10.8. The zero-order valence-electron chi connectivity index (χ0n) is 24.6. The molecule has 0 aromatic carbocycles. The molecule has 0 aromatic rings. The molecule has 38 heavy (non-hydrogen) atoms. The molecular weight excluding hydrogens is 514 g/mol. The first kappa shape index (κ1) is 33.7. The first-order chi connectivity index (χ1) is 17.0. The van der Waals surface area contributed by atoms with Crippen LogP contribution in [-0.2, 0) is 42.9 Å². The summed E-state index contributed by atoms with van der Waals surface area (Å²) >= 11 is 4.78. The quantitative estimate of drug-likeness (QED) is 0.202. The number of thiocarbonyl (C=S) groups is 1. The Morgan fingerprint density at radius 3 is 1.39 bits per heavy atom. The molecule has 1 aliphatic rings. The van der Waals surface area contributed by atoms with E-state index in [1.165, 1.54) is 0 Å². The lowest BCUT2D eigenvalue weighted by Gasteiger charge is -2.44. The van der Waals surface area contributed by atoms with Crippen LogP contribution < -0.4 is 0 Å². The van der Waals surface area contributed by atoms with Crippen LogP contribution in [0.4, 0.5) is 0 Å². The molecule has 1 fully saturated rings. The Labute approximate surface area is 231 Å². The van der Waals surface area contributed by atoms with Gasteiger partial charge < -0.3 is 23.7 Å². The minimum atomic E-state index is -1.36. The van der Waals surface area contributed by atoms with Gasteiger partial charge in [0.25, 0.3) is 0 Å². The number of carbonyl (C=O) groups is 4. The van der Waals surface area contributed by atoms with Crippen LogP contribution in [0.5, 0.6) is 0 Å². The minimum absolute atomic E-state index is 0.356. The monoisotopic (exact) mass is 557 g/mol. The number of aliphatic imine (C=N–C) groups is 1. The van der Waals surface area contributed by atoms with Crippen molar-refractivity contribution in [1.82, 2.24) is 0 Å². The molecule has 0 bridgehead atoms. The highest BCUT2D eigenvalue weighted by Gasteiger charge is 2.54. The number of isothiocyanates is 1. The maximum absolute atomic E-state index is 13.1. The fourth-order valence-electron chi connectivity index (χ4n) is 2.86. The molecule has 5 atom stereocenters. The molecule has 0 spiro atoms. The molecule has 1 aliphatic heterocycles. The summed E-state index contributed by atoms with van der Waals surface area (Å²) in [7, 11) is 0. The van der Waals surface area contributed by atoms with E-state index in [-0.39, 0.29) is 6.61 Å². The zero-order valence-corrected chi connectivity index (χ0v) is 25.4. The van der Waals surface area contributed by atoms with Gasteiger partial charge in [-0.2, -0.15) is 4.99 Å². The van der Waals surface area contributed by atoms with Crippen molar-refractivity contribution in [2.45, 2.75) is 114 Å². The minimum Gasteiger partial charge on any atom is -0.462 e. The number of hydrogen-bond donors (Lipinski definition) is 0. The average Bonchev–Trinajstić information content (AvgIpc) is 2.73. The fourth-order valence-corrected chi connectivity index (χ4v) is 2.97. The molecule has 1 heterocycles. The molecule has 1 saturated heterocycles. The predicted octanol–water partition coefficient (Wildman–Crippen LogP) is 4.28. The fraction of sp³-hybridized carbons (Fsp3) is 0.815. The predicted molar refractivity (Wildman–Crippen MR) is 142 cm³/mol. The summed E-state index contributed by atoms with van der Waals surface area (Å²) in [5.41, 5.74) is -3.64. The van der Waals surface area contributed by atoms with Gasteiger partial charge >= 0.3 is 23.9 Å². The van der Waals surface area contributed by atoms with E-state index in [0.717, 1.165) is 0 Å². The highest BCUT2D eigenvalue weighted by molar-refractivity contribution is 7.78. The van der Waals surface area contributed by atoms with Crippen molar-refractivity contribution >= 4 is 41.3 Å². The Bertz CT molecular complexity index is 944. The van der Waals surface area contributed by atoms with Crippen LogP contribution in [0.2, 0.25) is 0 Å². The number of carbonyl (C=O) groups excluding carboxylic acids is 4. The van der Waals surface area contributed by atoms with E-state index in [0.29, 0.717) is 0 Å². The molecular formula is C27H43NO9S. The van der Waals surface area contributed by atoms with Gasteiger partial charge in [0.15, 0.2) is 24.5 Å². The normalized spacial score (nSPS) is 24.5. The van der Waals surface area contributed by atoms with Gasteiger partial charge in [-0.3, -0.25) is 19.2 Å². The third-order valence-electron chi connectivity index (χ3n) is 5.35. The second-order valence-corrected chi connectivity index (χ2v) is 13.7. The molecule has 0 saturated carbocycles. The van der Waals surface area contributed by atoms with Crippen molar-refractivity contribution in [2.75, 3.05) is 6.61 Å². The highest BCUT2D eigenvalue weighted by atomic mass is 32.1. The molecule has 0 aliphatic carbocycles. The van der Waals surface area contributed by atoms with Gasteiger partial charge in [0.1, 0.15) is 12.7 Å². The van der Waals surface area contributed by atoms with Gasteiger partial charge in [-0.25, -0.2) is 0 Å². The smallest absolute Gasteiger partial charge is 0.311 e. The van der Waals surface area contributed by atoms with Gasteiger partial charge in [-0.1, -0.05) is 0 Å². The standard InChI is InChI=1S/C27H43NO9S/c1-24(2,3)20(29)33-13-15-16(35-21(30)25(4,5)6)17(36-22(31)26(7,8)9)18(19(34-15)28-14-38)37-23(32)27(10,11)12/h15-19H,13H2,1-12H3. The molecule has 0 amide bonds. The second-order valence-electron chi connectivity index (χ2n) is 13.5. The van der Waals surface area contributed by atoms with Crippen molar-refractivity contribution in [3.8, 4) is 0 Å². The summed E-state index contributed by atoms with van der Waals surface area (Å²) in [5, 5.41) is 2.21. The summed E-state index contributed by atoms with van der Waals surface area (Å²) < 4.78 is 28.9. The van der Waals surface area contributed by atoms with E-state index >= 15 is 0 Å². The molecule has 0 radical (unpaired) electrons. The van der Waals surface area contributed by atoms with E-state index in [1.807, 2.05) is 0 Å². The highest BCUT2D eigenvalue weighted by Crippen LogP contribution is 2.34. The molecule has 10 nitrogen and oxygen atoms in total. The van der Waals surface area contributed by atoms with Gasteiger partial charge in [-0.05, 0) is 95.3 Å². The van der Waals surface area contributed by atoms with Crippen LogP contribution in [0.3, 0.4) is 0 Å². The maximum atomic E-state index is 13.1. The molecule has 0 aromatic heterocycles. The van der Waals surface area contributed by atoms with E-state index in [9.17, 15) is 19.2 Å². The van der Waals surface area contributed by atoms with Crippen LogP contribution in [0.1, 0.15) is 83.1 Å². The van der Waals surface area contributed by atoms with E-state index < -0.39 is 76.2 Å². The number of nitrogens with zero attached hydrogens (tertiary/aromatic N) is 1. The van der Waals surface area contributed by atoms with E-state index in [2.05, 4.69) is 10.2 Å².